The molecule has 0 radical (unpaired) electrons. The van der Waals surface area contributed by atoms with Crippen LogP contribution in [0.1, 0.15) is 6.42 Å². The van der Waals surface area contributed by atoms with Gasteiger partial charge >= 0.3 is 0 Å². The quantitative estimate of drug-likeness (QED) is 0.801. The fourth-order valence-corrected chi connectivity index (χ4v) is 2.10. The van der Waals surface area contributed by atoms with Crippen molar-refractivity contribution in [3.8, 4) is 0 Å². The largest absolute Gasteiger partial charge is 0.381 e. The number of hydrogen-bond donors (Lipinski definition) is 1. The third-order valence-corrected chi connectivity index (χ3v) is 2.97. The topological polar surface area (TPSA) is 47.1 Å². The Morgan fingerprint density at radius 3 is 3.00 bits per heavy atom. The molecule has 1 atom stereocenters. The fraction of sp³-hybridized carbons (Fsp3) is 0.667. The number of nitrogen functional groups attached to an aromatic ring is 1. The van der Waals surface area contributed by atoms with E-state index < -0.39 is 0 Å². The van der Waals surface area contributed by atoms with E-state index in [-0.39, 0.29) is 0 Å². The highest BCUT2D eigenvalue weighted by atomic mass is 35.5. The summed E-state index contributed by atoms with van der Waals surface area (Å²) in [7, 11) is 2.14. The third-order valence-electron chi connectivity index (χ3n) is 2.68. The molecule has 2 rings (SSSR count). The van der Waals surface area contributed by atoms with E-state index in [9.17, 15) is 0 Å². The first-order valence-corrected chi connectivity index (χ1v) is 5.20. The van der Waals surface area contributed by atoms with Crippen LogP contribution >= 0.6 is 11.6 Å². The summed E-state index contributed by atoms with van der Waals surface area (Å²) >= 11 is 5.82. The number of halogens is 1. The highest BCUT2D eigenvalue weighted by Crippen LogP contribution is 2.19. The summed E-state index contributed by atoms with van der Waals surface area (Å²) in [6, 6.07) is 0. The third kappa shape index (κ3) is 2.01. The van der Waals surface area contributed by atoms with E-state index in [0.29, 0.717) is 16.8 Å². The number of anilines is 1. The van der Waals surface area contributed by atoms with Gasteiger partial charge in [0, 0.05) is 19.3 Å². The highest BCUT2D eigenvalue weighted by molar-refractivity contribution is 6.32. The summed E-state index contributed by atoms with van der Waals surface area (Å²) in [4.78, 5) is 2.33. The molecule has 1 fully saturated rings. The lowest BCUT2D eigenvalue weighted by Crippen LogP contribution is -2.17. The van der Waals surface area contributed by atoms with Gasteiger partial charge in [-0.3, -0.25) is 4.68 Å². The Hall–Kier alpha value is -0.740. The maximum atomic E-state index is 5.82. The van der Waals surface area contributed by atoms with E-state index in [0.717, 1.165) is 13.1 Å². The number of likely N-dealkylation sites (tertiary alicyclic amines) is 1. The molecule has 0 aromatic carbocycles. The Labute approximate surface area is 88.6 Å². The van der Waals surface area contributed by atoms with Crippen molar-refractivity contribution in [2.24, 2.45) is 5.92 Å². The summed E-state index contributed by atoms with van der Waals surface area (Å²) in [5.41, 5.74) is 5.57. The summed E-state index contributed by atoms with van der Waals surface area (Å²) in [5, 5.41) is 4.69. The van der Waals surface area contributed by atoms with Crippen molar-refractivity contribution in [1.82, 2.24) is 14.7 Å². The van der Waals surface area contributed by atoms with Gasteiger partial charge in [-0.1, -0.05) is 11.6 Å². The van der Waals surface area contributed by atoms with Crippen molar-refractivity contribution in [3.05, 3.63) is 11.2 Å². The summed E-state index contributed by atoms with van der Waals surface area (Å²) in [5.74, 6) is 1.10. The molecule has 14 heavy (non-hydrogen) atoms. The van der Waals surface area contributed by atoms with Crippen LogP contribution in [0.15, 0.2) is 6.20 Å². The molecule has 1 unspecified atom stereocenters. The van der Waals surface area contributed by atoms with E-state index in [1.807, 2.05) is 4.68 Å². The molecule has 5 heteroatoms. The lowest BCUT2D eigenvalue weighted by atomic mass is 10.1. The second-order valence-corrected chi connectivity index (χ2v) is 4.41. The molecule has 0 bridgehead atoms. The summed E-state index contributed by atoms with van der Waals surface area (Å²) in [6.07, 6.45) is 3.03. The molecule has 0 amide bonds. The van der Waals surface area contributed by atoms with Crippen LogP contribution in [0.5, 0.6) is 0 Å². The number of hydrogen-bond acceptors (Lipinski definition) is 3. The van der Waals surface area contributed by atoms with Gasteiger partial charge in [-0.2, -0.15) is 5.10 Å². The molecular formula is C9H15ClN4. The lowest BCUT2D eigenvalue weighted by Gasteiger charge is -2.09. The summed E-state index contributed by atoms with van der Waals surface area (Å²) in [6.45, 7) is 3.23. The first-order chi connectivity index (χ1) is 6.65. The second-order valence-electron chi connectivity index (χ2n) is 4.00. The van der Waals surface area contributed by atoms with Crippen LogP contribution in [-0.2, 0) is 6.54 Å². The molecule has 0 spiro atoms. The molecule has 0 saturated carbocycles. The average molecular weight is 215 g/mol. The zero-order valence-electron chi connectivity index (χ0n) is 8.28. The SMILES string of the molecule is CN1CCC(Cn2cc(Cl)c(N)n2)C1. The van der Waals surface area contributed by atoms with Gasteiger partial charge in [-0.25, -0.2) is 0 Å². The van der Waals surface area contributed by atoms with E-state index in [1.165, 1.54) is 13.0 Å². The Balaban J connectivity index is 1.97. The predicted molar refractivity (Wildman–Crippen MR) is 57.3 cm³/mol. The molecule has 1 aromatic rings. The van der Waals surface area contributed by atoms with Gasteiger partial charge in [-0.05, 0) is 25.9 Å². The molecule has 78 valence electrons. The van der Waals surface area contributed by atoms with Crippen LogP contribution < -0.4 is 5.73 Å². The minimum Gasteiger partial charge on any atom is -0.381 e. The normalized spacial score (nSPS) is 23.1. The monoisotopic (exact) mass is 214 g/mol. The molecule has 2 N–H and O–H groups in total. The summed E-state index contributed by atoms with van der Waals surface area (Å²) < 4.78 is 1.85. The van der Waals surface area contributed by atoms with E-state index >= 15 is 0 Å². The minimum atomic E-state index is 0.429. The van der Waals surface area contributed by atoms with E-state index in [4.69, 9.17) is 17.3 Å². The van der Waals surface area contributed by atoms with Gasteiger partial charge in [0.15, 0.2) is 5.82 Å². The van der Waals surface area contributed by atoms with Gasteiger partial charge in [0.25, 0.3) is 0 Å². The molecule has 1 aliphatic rings. The van der Waals surface area contributed by atoms with E-state index in [1.54, 1.807) is 6.20 Å². The van der Waals surface area contributed by atoms with Crippen molar-refractivity contribution in [2.45, 2.75) is 13.0 Å². The maximum Gasteiger partial charge on any atom is 0.164 e. The molecule has 0 aliphatic carbocycles. The molecular weight excluding hydrogens is 200 g/mol. The number of rotatable bonds is 2. The van der Waals surface area contributed by atoms with E-state index in [2.05, 4.69) is 17.0 Å². The highest BCUT2D eigenvalue weighted by Gasteiger charge is 2.20. The van der Waals surface area contributed by atoms with Crippen LogP contribution in [0.25, 0.3) is 0 Å². The van der Waals surface area contributed by atoms with Gasteiger partial charge in [-0.15, -0.1) is 0 Å². The van der Waals surface area contributed by atoms with Crippen molar-refractivity contribution >= 4 is 17.4 Å². The van der Waals surface area contributed by atoms with Gasteiger partial charge < -0.3 is 10.6 Å². The number of nitrogens with zero attached hydrogens (tertiary/aromatic N) is 3. The predicted octanol–water partition coefficient (Wildman–Crippen LogP) is 1.07. The van der Waals surface area contributed by atoms with Crippen molar-refractivity contribution in [3.63, 3.8) is 0 Å². The molecule has 1 aliphatic heterocycles. The van der Waals surface area contributed by atoms with Crippen molar-refractivity contribution in [2.75, 3.05) is 25.9 Å². The smallest absolute Gasteiger partial charge is 0.164 e. The van der Waals surface area contributed by atoms with Crippen LogP contribution in [0.2, 0.25) is 5.02 Å². The molecule has 1 saturated heterocycles. The van der Waals surface area contributed by atoms with Crippen molar-refractivity contribution < 1.29 is 0 Å². The number of aromatic nitrogens is 2. The first kappa shape index (κ1) is 9.80. The van der Waals surface area contributed by atoms with Crippen LogP contribution in [0.3, 0.4) is 0 Å². The Morgan fingerprint density at radius 1 is 1.71 bits per heavy atom. The van der Waals surface area contributed by atoms with Crippen molar-refractivity contribution in [1.29, 1.82) is 0 Å². The molecule has 4 nitrogen and oxygen atoms in total. The molecule has 1 aromatic heterocycles. The maximum absolute atomic E-state index is 5.82. The second kappa shape index (κ2) is 3.79. The number of nitrogens with two attached hydrogens (primary N) is 1. The molecule has 2 heterocycles. The minimum absolute atomic E-state index is 0.429. The average Bonchev–Trinajstić information content (AvgIpc) is 2.62. The Bertz CT molecular complexity index is 303. The lowest BCUT2D eigenvalue weighted by molar-refractivity contribution is 0.370. The standard InChI is InChI=1S/C9H15ClN4/c1-13-3-2-7(4-13)5-14-6-8(10)9(11)12-14/h6-7H,2-5H2,1H3,(H2,11,12). The van der Waals surface area contributed by atoms with Gasteiger partial charge in [0.1, 0.15) is 5.02 Å². The Morgan fingerprint density at radius 2 is 2.50 bits per heavy atom. The fourth-order valence-electron chi connectivity index (χ4n) is 1.95. The van der Waals surface area contributed by atoms with Crippen LogP contribution in [0, 0.1) is 5.92 Å². The Kier molecular flexibility index (Phi) is 2.65. The zero-order valence-corrected chi connectivity index (χ0v) is 9.04. The van der Waals surface area contributed by atoms with Gasteiger partial charge in [0.05, 0.1) is 0 Å². The first-order valence-electron chi connectivity index (χ1n) is 4.82. The van der Waals surface area contributed by atoms with Gasteiger partial charge in [0.2, 0.25) is 0 Å². The van der Waals surface area contributed by atoms with Crippen LogP contribution in [-0.4, -0.2) is 34.8 Å². The van der Waals surface area contributed by atoms with Crippen LogP contribution in [0.4, 0.5) is 5.82 Å². The zero-order chi connectivity index (χ0) is 10.1.